The van der Waals surface area contributed by atoms with Gasteiger partial charge in [0, 0.05) is 35.0 Å². The summed E-state index contributed by atoms with van der Waals surface area (Å²) in [4.78, 5) is 0. The highest BCUT2D eigenvalue weighted by Crippen LogP contribution is 2.35. The minimum Gasteiger partial charge on any atom is -0.400 e. The van der Waals surface area contributed by atoms with Crippen molar-refractivity contribution in [3.05, 3.63) is 242 Å². The SMILES string of the molecule is CC.CC.CC.CC.CC.CC.CC.CC.CC.CC.CC.CC.CCO.CO.CO.COC.CS(=O)(=O)O.CS(=O)(=O)O.c1ccc(-c2ccccc2)cc1.c1ccc(-c2ccccc2)cc1.c1ccc(-c2ccccc2)cc1.c1ccc2c(c1)Cc1ccccc1-2. The number of hydrogen-bond acceptors (Lipinski definition) is 8. The van der Waals surface area contributed by atoms with Gasteiger partial charge in [-0.15, -0.1) is 0 Å². The molecule has 93 heavy (non-hydrogen) atoms. The molecule has 0 saturated heterocycles. The van der Waals surface area contributed by atoms with Crippen LogP contribution in [0.2, 0.25) is 0 Å². The van der Waals surface area contributed by atoms with E-state index in [1.54, 1.807) is 21.1 Å². The van der Waals surface area contributed by atoms with E-state index in [0.29, 0.717) is 12.5 Å². The maximum absolute atomic E-state index is 9.19. The van der Waals surface area contributed by atoms with E-state index < -0.39 is 20.2 Å². The summed E-state index contributed by atoms with van der Waals surface area (Å²) >= 11 is 0. The summed E-state index contributed by atoms with van der Waals surface area (Å²) in [6, 6.07) is 79.7. The molecule has 1 aliphatic rings. The van der Waals surface area contributed by atoms with E-state index in [9.17, 15) is 16.8 Å². The van der Waals surface area contributed by atoms with Crippen LogP contribution in [0.3, 0.4) is 0 Å². The van der Waals surface area contributed by atoms with Gasteiger partial charge in [-0.05, 0) is 69.0 Å². The summed E-state index contributed by atoms with van der Waals surface area (Å²) in [5.74, 6) is 0. The molecule has 10 nitrogen and oxygen atoms in total. The second-order valence-corrected chi connectivity index (χ2v) is 16.8. The van der Waals surface area contributed by atoms with Gasteiger partial charge in [-0.2, -0.15) is 16.8 Å². The highest BCUT2D eigenvalue weighted by molar-refractivity contribution is 7.85. The third-order valence-electron chi connectivity index (χ3n) is 8.35. The zero-order valence-corrected chi connectivity index (χ0v) is 66.1. The fraction of sp³-hybridized carbons (Fsp3) is 0.407. The van der Waals surface area contributed by atoms with Gasteiger partial charge in [0.05, 0.1) is 12.5 Å². The smallest absolute Gasteiger partial charge is 0.261 e. The number of hydrogen-bond donors (Lipinski definition) is 5. The van der Waals surface area contributed by atoms with Crippen molar-refractivity contribution in [1.29, 1.82) is 0 Å². The van der Waals surface area contributed by atoms with Crippen molar-refractivity contribution < 1.29 is 46.0 Å². The molecule has 0 aromatic heterocycles. The number of rotatable bonds is 3. The van der Waals surface area contributed by atoms with Gasteiger partial charge in [0.25, 0.3) is 20.2 Å². The van der Waals surface area contributed by atoms with Crippen LogP contribution in [0, 0.1) is 0 Å². The predicted molar refractivity (Wildman–Crippen MR) is 423 cm³/mol. The zero-order chi connectivity index (χ0) is 75.8. The predicted octanol–water partition coefficient (Wildman–Crippen LogP) is 24.1. The largest absolute Gasteiger partial charge is 0.400 e. The highest BCUT2D eigenvalue weighted by atomic mass is 32.2. The van der Waals surface area contributed by atoms with Gasteiger partial charge in [-0.1, -0.05) is 397 Å². The van der Waals surface area contributed by atoms with Crippen LogP contribution in [0.15, 0.2) is 231 Å². The van der Waals surface area contributed by atoms with E-state index in [1.165, 1.54) is 55.6 Å². The van der Waals surface area contributed by atoms with Crippen molar-refractivity contribution in [1.82, 2.24) is 0 Å². The lowest BCUT2D eigenvalue weighted by atomic mass is 10.1. The Labute approximate surface area is 576 Å². The molecule has 8 aromatic rings. The fourth-order valence-electron chi connectivity index (χ4n) is 5.86. The molecule has 0 amide bonds. The average molecular weight is 1340 g/mol. The normalized spacial score (nSPS) is 8.00. The lowest BCUT2D eigenvalue weighted by Gasteiger charge is -1.98. The Bertz CT molecular complexity index is 2280. The summed E-state index contributed by atoms with van der Waals surface area (Å²) in [6.45, 7) is 49.9. The Balaban J connectivity index is -0.0000000697. The first-order valence-corrected chi connectivity index (χ1v) is 37.1. The Morgan fingerprint density at radius 1 is 0.280 bits per heavy atom. The summed E-state index contributed by atoms with van der Waals surface area (Å²) in [5.41, 5.74) is 13.4. The molecule has 5 N–H and O–H groups in total. The first-order valence-electron chi connectivity index (χ1n) is 33.4. The van der Waals surface area contributed by atoms with E-state index in [2.05, 4.69) is 199 Å². The molecular weight excluding hydrogens is 1200 g/mol. The molecule has 0 heterocycles. The van der Waals surface area contributed by atoms with Gasteiger partial charge < -0.3 is 20.1 Å². The summed E-state index contributed by atoms with van der Waals surface area (Å²) < 4.78 is 56.0. The van der Waals surface area contributed by atoms with Crippen molar-refractivity contribution in [2.45, 2.75) is 180 Å². The van der Waals surface area contributed by atoms with Crippen molar-refractivity contribution >= 4 is 20.2 Å². The van der Waals surface area contributed by atoms with Crippen LogP contribution in [0.1, 0.15) is 184 Å². The monoisotopic (exact) mass is 1340 g/mol. The van der Waals surface area contributed by atoms with Crippen molar-refractivity contribution in [3.8, 4) is 44.5 Å². The van der Waals surface area contributed by atoms with Crippen LogP contribution >= 0.6 is 0 Å². The third-order valence-corrected chi connectivity index (χ3v) is 8.35. The molecule has 0 radical (unpaired) electrons. The second kappa shape index (κ2) is 104. The van der Waals surface area contributed by atoms with Gasteiger partial charge >= 0.3 is 0 Å². The first kappa shape index (κ1) is 117. The van der Waals surface area contributed by atoms with Gasteiger partial charge in [0.2, 0.25) is 0 Å². The summed E-state index contributed by atoms with van der Waals surface area (Å²) in [6.07, 6.45) is 2.53. The maximum Gasteiger partial charge on any atom is 0.261 e. The molecule has 536 valence electrons. The van der Waals surface area contributed by atoms with Crippen LogP contribution < -0.4 is 0 Å². The van der Waals surface area contributed by atoms with E-state index in [4.69, 9.17) is 24.4 Å². The molecule has 0 fully saturated rings. The topological polar surface area (TPSA) is 179 Å². The molecule has 1 aliphatic carbocycles. The summed E-state index contributed by atoms with van der Waals surface area (Å²) in [5, 5.41) is 21.6. The minimum absolute atomic E-state index is 0.250. The average Bonchev–Trinajstić information content (AvgIpc) is 1.70. The van der Waals surface area contributed by atoms with Gasteiger partial charge in [-0.25, -0.2) is 0 Å². The number of aliphatic hydroxyl groups is 3. The van der Waals surface area contributed by atoms with Crippen molar-refractivity contribution in [2.24, 2.45) is 0 Å². The number of benzene rings is 8. The summed E-state index contributed by atoms with van der Waals surface area (Å²) in [7, 11) is -2.08. The zero-order valence-electron chi connectivity index (χ0n) is 64.4. The molecule has 0 atom stereocenters. The third kappa shape index (κ3) is 85.4. The van der Waals surface area contributed by atoms with Gasteiger partial charge in [-0.3, -0.25) is 9.11 Å². The number of aliphatic hydroxyl groups excluding tert-OH is 3. The first-order chi connectivity index (χ1) is 45.2. The van der Waals surface area contributed by atoms with Crippen LogP contribution in [-0.2, 0) is 31.4 Å². The van der Waals surface area contributed by atoms with Crippen LogP contribution in [0.25, 0.3) is 44.5 Å². The molecule has 0 aliphatic heterocycles. The molecule has 0 spiro atoms. The van der Waals surface area contributed by atoms with E-state index in [0.717, 1.165) is 20.6 Å². The van der Waals surface area contributed by atoms with Gasteiger partial charge in [0.1, 0.15) is 0 Å². The Morgan fingerprint density at radius 3 is 0.495 bits per heavy atom. The molecule has 8 aromatic carbocycles. The number of ether oxygens (including phenoxy) is 1. The highest BCUT2D eigenvalue weighted by Gasteiger charge is 2.15. The van der Waals surface area contributed by atoms with Crippen LogP contribution in [0.4, 0.5) is 0 Å². The standard InChI is InChI=1S/C13H10.3C12H10.2C2H6O.12C2H6.2CH4O3S.2CH4O/c1-3-7-12-10(5-1)9-11-6-2-4-8-13(11)12;3*1-3-7-11(8-4-1)12-9-5-2-6-10-12;1-3-2;1-2-3;12*1-2;2*1-5(2,3)4;2*1-2/h1-8H,9H2;3*1-10H;1-2H3;3H,2H2,1H3;12*1-2H3;2*1H3,(H,2,3,4);2*2H,1H3. The Hall–Kier alpha value is -6.58. The molecule has 12 heteroatoms. The molecule has 0 unspecified atom stereocenters. The molecular formula is C81H140O10S2. The Kier molecular flexibility index (Phi) is 131. The second-order valence-electron chi connectivity index (χ2n) is 13.9. The van der Waals surface area contributed by atoms with Gasteiger partial charge in [0.15, 0.2) is 0 Å². The Morgan fingerprint density at radius 2 is 0.376 bits per heavy atom. The molecule has 0 saturated carbocycles. The van der Waals surface area contributed by atoms with Crippen molar-refractivity contribution in [2.75, 3.05) is 47.6 Å². The van der Waals surface area contributed by atoms with Crippen LogP contribution in [-0.4, -0.2) is 88.8 Å². The lowest BCUT2D eigenvalue weighted by Crippen LogP contribution is -1.88. The van der Waals surface area contributed by atoms with Crippen molar-refractivity contribution in [3.63, 3.8) is 0 Å². The van der Waals surface area contributed by atoms with Crippen LogP contribution in [0.5, 0.6) is 0 Å². The fourth-order valence-corrected chi connectivity index (χ4v) is 5.86. The maximum atomic E-state index is 9.19. The van der Waals surface area contributed by atoms with E-state index in [-0.39, 0.29) is 6.61 Å². The van der Waals surface area contributed by atoms with E-state index in [1.807, 2.05) is 203 Å². The lowest BCUT2D eigenvalue weighted by molar-refractivity contribution is 0.277. The quantitative estimate of drug-likeness (QED) is 0.107. The molecule has 0 bridgehead atoms. The minimum atomic E-state index is -3.67. The number of methoxy groups -OCH3 is 1. The number of fused-ring (bicyclic) bond motifs is 3. The van der Waals surface area contributed by atoms with E-state index >= 15 is 0 Å². The molecule has 9 rings (SSSR count).